The summed E-state index contributed by atoms with van der Waals surface area (Å²) in [5, 5.41) is 3.60. The predicted molar refractivity (Wildman–Crippen MR) is 64.6 cm³/mol. The molecule has 1 aromatic carbocycles. The normalized spacial score (nSPS) is 23.9. The number of hydrogen-bond donors (Lipinski definition) is 2. The zero-order valence-corrected chi connectivity index (χ0v) is 9.62. The number of nitrogen functional groups attached to an aromatic ring is 1. The van der Waals surface area contributed by atoms with Gasteiger partial charge in [-0.3, -0.25) is 0 Å². The van der Waals surface area contributed by atoms with E-state index in [1.54, 1.807) is 7.11 Å². The lowest BCUT2D eigenvalue weighted by Gasteiger charge is -2.28. The van der Waals surface area contributed by atoms with Gasteiger partial charge in [0.2, 0.25) is 0 Å². The van der Waals surface area contributed by atoms with Crippen molar-refractivity contribution in [3.05, 3.63) is 23.3 Å². The van der Waals surface area contributed by atoms with E-state index in [-0.39, 0.29) is 0 Å². The van der Waals surface area contributed by atoms with E-state index >= 15 is 0 Å². The molecule has 0 amide bonds. The predicted octanol–water partition coefficient (Wildman–Crippen LogP) is 1.87. The number of fused-ring (bicyclic) bond motifs is 1. The van der Waals surface area contributed by atoms with E-state index in [4.69, 9.17) is 10.5 Å². The van der Waals surface area contributed by atoms with Crippen LogP contribution >= 0.6 is 0 Å². The first-order valence-corrected chi connectivity index (χ1v) is 5.99. The molecule has 1 saturated carbocycles. The number of hydrogen-bond acceptors (Lipinski definition) is 3. The smallest absolute Gasteiger partial charge is 0.124 e. The monoisotopic (exact) mass is 218 g/mol. The van der Waals surface area contributed by atoms with E-state index in [1.165, 1.54) is 24.0 Å². The van der Waals surface area contributed by atoms with Gasteiger partial charge in [0.1, 0.15) is 5.75 Å². The zero-order chi connectivity index (χ0) is 11.1. The van der Waals surface area contributed by atoms with Gasteiger partial charge in [0.15, 0.2) is 0 Å². The average molecular weight is 218 g/mol. The molecule has 86 valence electrons. The summed E-state index contributed by atoms with van der Waals surface area (Å²) in [7, 11) is 1.73. The van der Waals surface area contributed by atoms with E-state index in [0.29, 0.717) is 6.04 Å². The highest BCUT2D eigenvalue weighted by molar-refractivity contribution is 5.55. The molecular weight excluding hydrogens is 200 g/mol. The zero-order valence-electron chi connectivity index (χ0n) is 9.62. The fraction of sp³-hybridized carbons (Fsp3) is 0.538. The molecule has 0 bridgehead atoms. The third kappa shape index (κ3) is 1.55. The number of anilines is 1. The van der Waals surface area contributed by atoms with Crippen LogP contribution in [0.3, 0.4) is 0 Å². The summed E-state index contributed by atoms with van der Waals surface area (Å²) >= 11 is 0. The van der Waals surface area contributed by atoms with E-state index in [1.807, 2.05) is 6.07 Å². The van der Waals surface area contributed by atoms with Crippen molar-refractivity contribution in [2.45, 2.75) is 25.3 Å². The minimum Gasteiger partial charge on any atom is -0.496 e. The molecule has 0 saturated heterocycles. The van der Waals surface area contributed by atoms with Gasteiger partial charge in [-0.05, 0) is 43.4 Å². The molecule has 16 heavy (non-hydrogen) atoms. The van der Waals surface area contributed by atoms with Crippen molar-refractivity contribution < 1.29 is 4.74 Å². The quantitative estimate of drug-likeness (QED) is 0.745. The van der Waals surface area contributed by atoms with Gasteiger partial charge in [-0.2, -0.15) is 0 Å². The van der Waals surface area contributed by atoms with Gasteiger partial charge < -0.3 is 15.8 Å². The lowest BCUT2D eigenvalue weighted by atomic mass is 9.90. The third-order valence-corrected chi connectivity index (χ3v) is 3.65. The number of nitrogens with two attached hydrogens (primary N) is 1. The molecule has 1 aliphatic carbocycles. The minimum absolute atomic E-state index is 0.501. The Morgan fingerprint density at radius 1 is 1.38 bits per heavy atom. The van der Waals surface area contributed by atoms with E-state index in [2.05, 4.69) is 11.4 Å². The van der Waals surface area contributed by atoms with Crippen LogP contribution in [-0.4, -0.2) is 13.7 Å². The van der Waals surface area contributed by atoms with Gasteiger partial charge in [0, 0.05) is 23.4 Å². The van der Waals surface area contributed by atoms with E-state index in [9.17, 15) is 0 Å². The molecule has 3 rings (SSSR count). The maximum absolute atomic E-state index is 5.93. The molecule has 3 nitrogen and oxygen atoms in total. The van der Waals surface area contributed by atoms with Crippen molar-refractivity contribution in [3.8, 4) is 5.75 Å². The molecule has 0 radical (unpaired) electrons. The van der Waals surface area contributed by atoms with Gasteiger partial charge in [-0.15, -0.1) is 0 Å². The Hall–Kier alpha value is -1.22. The Labute approximate surface area is 96.0 Å². The van der Waals surface area contributed by atoms with Crippen LogP contribution in [-0.2, 0) is 6.42 Å². The maximum atomic E-state index is 5.93. The Balaban J connectivity index is 2.07. The summed E-state index contributed by atoms with van der Waals surface area (Å²) in [5.41, 5.74) is 9.46. The first-order chi connectivity index (χ1) is 7.79. The first-order valence-electron chi connectivity index (χ1n) is 5.99. The van der Waals surface area contributed by atoms with Crippen molar-refractivity contribution in [2.24, 2.45) is 5.92 Å². The Kier molecular flexibility index (Phi) is 2.28. The van der Waals surface area contributed by atoms with Crippen LogP contribution < -0.4 is 15.8 Å². The molecule has 1 fully saturated rings. The highest BCUT2D eigenvalue weighted by Crippen LogP contribution is 2.45. The minimum atomic E-state index is 0.501. The SMILES string of the molecule is COc1cc(N)cc2c1CCNC2C1CC1. The van der Waals surface area contributed by atoms with Crippen molar-refractivity contribution in [1.29, 1.82) is 0 Å². The van der Waals surface area contributed by atoms with Crippen LogP contribution in [0, 0.1) is 5.92 Å². The second-order valence-corrected chi connectivity index (χ2v) is 4.81. The van der Waals surface area contributed by atoms with Crippen molar-refractivity contribution in [3.63, 3.8) is 0 Å². The highest BCUT2D eigenvalue weighted by Gasteiger charge is 2.35. The fourth-order valence-corrected chi connectivity index (χ4v) is 2.73. The summed E-state index contributed by atoms with van der Waals surface area (Å²) < 4.78 is 5.43. The van der Waals surface area contributed by atoms with Crippen molar-refractivity contribution in [1.82, 2.24) is 5.32 Å². The highest BCUT2D eigenvalue weighted by atomic mass is 16.5. The number of rotatable bonds is 2. The van der Waals surface area contributed by atoms with Gasteiger partial charge in [0.25, 0.3) is 0 Å². The van der Waals surface area contributed by atoms with Crippen LogP contribution in [0.5, 0.6) is 5.75 Å². The lowest BCUT2D eigenvalue weighted by molar-refractivity contribution is 0.395. The largest absolute Gasteiger partial charge is 0.496 e. The second kappa shape index (κ2) is 3.67. The Morgan fingerprint density at radius 2 is 2.19 bits per heavy atom. The molecule has 2 aliphatic rings. The van der Waals surface area contributed by atoms with Crippen LogP contribution in [0.1, 0.15) is 30.0 Å². The maximum Gasteiger partial charge on any atom is 0.124 e. The Morgan fingerprint density at radius 3 is 2.88 bits per heavy atom. The first kappa shape index (κ1) is 9.97. The Bertz CT molecular complexity index is 413. The molecule has 1 aliphatic heterocycles. The summed E-state index contributed by atoms with van der Waals surface area (Å²) in [6.07, 6.45) is 3.73. The molecule has 3 N–H and O–H groups in total. The summed E-state index contributed by atoms with van der Waals surface area (Å²) in [5.74, 6) is 1.77. The standard InChI is InChI=1S/C13H18N2O/c1-16-12-7-9(14)6-11-10(12)4-5-15-13(11)8-2-3-8/h6-8,13,15H,2-5,14H2,1H3. The van der Waals surface area contributed by atoms with Gasteiger partial charge in [-0.1, -0.05) is 0 Å². The van der Waals surface area contributed by atoms with Gasteiger partial charge in [-0.25, -0.2) is 0 Å². The van der Waals surface area contributed by atoms with Gasteiger partial charge >= 0.3 is 0 Å². The van der Waals surface area contributed by atoms with E-state index < -0.39 is 0 Å². The van der Waals surface area contributed by atoms with Crippen LogP contribution in [0.4, 0.5) is 5.69 Å². The van der Waals surface area contributed by atoms with Crippen LogP contribution in [0.15, 0.2) is 12.1 Å². The fourth-order valence-electron chi connectivity index (χ4n) is 2.73. The topological polar surface area (TPSA) is 47.3 Å². The molecule has 1 atom stereocenters. The number of methoxy groups -OCH3 is 1. The van der Waals surface area contributed by atoms with Crippen molar-refractivity contribution in [2.75, 3.05) is 19.4 Å². The summed E-state index contributed by atoms with van der Waals surface area (Å²) in [4.78, 5) is 0. The molecular formula is C13H18N2O. The molecule has 1 aromatic rings. The molecule has 3 heteroatoms. The van der Waals surface area contributed by atoms with Crippen LogP contribution in [0.2, 0.25) is 0 Å². The summed E-state index contributed by atoms with van der Waals surface area (Å²) in [6.45, 7) is 1.05. The molecule has 0 spiro atoms. The molecule has 1 unspecified atom stereocenters. The summed E-state index contributed by atoms with van der Waals surface area (Å²) in [6, 6.07) is 4.56. The van der Waals surface area contributed by atoms with Gasteiger partial charge in [0.05, 0.1) is 7.11 Å². The number of benzene rings is 1. The third-order valence-electron chi connectivity index (χ3n) is 3.65. The molecule has 0 aromatic heterocycles. The average Bonchev–Trinajstić information content (AvgIpc) is 3.11. The molecule has 1 heterocycles. The van der Waals surface area contributed by atoms with Crippen molar-refractivity contribution >= 4 is 5.69 Å². The lowest BCUT2D eigenvalue weighted by Crippen LogP contribution is -2.31. The number of nitrogens with one attached hydrogen (secondary N) is 1. The number of ether oxygens (including phenoxy) is 1. The second-order valence-electron chi connectivity index (χ2n) is 4.81. The van der Waals surface area contributed by atoms with Crippen LogP contribution in [0.25, 0.3) is 0 Å². The van der Waals surface area contributed by atoms with E-state index in [0.717, 1.165) is 30.3 Å².